The Bertz CT molecular complexity index is 439. The third-order valence-electron chi connectivity index (χ3n) is 3.01. The van der Waals surface area contributed by atoms with Crippen molar-refractivity contribution in [2.45, 2.75) is 57.7 Å². The van der Waals surface area contributed by atoms with Gasteiger partial charge in [0.25, 0.3) is 0 Å². The highest BCUT2D eigenvalue weighted by Crippen LogP contribution is 2.20. The Morgan fingerprint density at radius 2 is 1.81 bits per heavy atom. The van der Waals surface area contributed by atoms with E-state index in [-0.39, 0.29) is 12.1 Å². The first-order valence-corrected chi connectivity index (χ1v) is 9.12. The van der Waals surface area contributed by atoms with Crippen molar-refractivity contribution in [3.8, 4) is 0 Å². The average molecular weight is 321 g/mol. The lowest BCUT2D eigenvalue weighted by Crippen LogP contribution is -2.53. The quantitative estimate of drug-likeness (QED) is 0.596. The maximum atomic E-state index is 11.5. The highest BCUT2D eigenvalue weighted by atomic mass is 32.2. The van der Waals surface area contributed by atoms with Gasteiger partial charge in [-0.25, -0.2) is 17.9 Å². The third-order valence-corrected chi connectivity index (χ3v) is 3.74. The number of alkyl carbamates (subject to hydrolysis) is 1. The van der Waals surface area contributed by atoms with E-state index in [2.05, 4.69) is 15.4 Å². The molecule has 0 aromatic heterocycles. The minimum atomic E-state index is -3.09. The molecule has 0 bridgehead atoms. The van der Waals surface area contributed by atoms with Crippen LogP contribution in [0.3, 0.4) is 0 Å². The number of carbonyl (C=O) groups excluding carboxylic acids is 1. The zero-order chi connectivity index (χ0) is 16.1. The minimum Gasteiger partial charge on any atom is -0.444 e. The van der Waals surface area contributed by atoms with Gasteiger partial charge in [0.2, 0.25) is 10.0 Å². The van der Waals surface area contributed by atoms with E-state index in [1.54, 1.807) is 0 Å². The van der Waals surface area contributed by atoms with E-state index in [9.17, 15) is 13.2 Å². The van der Waals surface area contributed by atoms with Crippen LogP contribution < -0.4 is 15.4 Å². The molecule has 1 aliphatic rings. The van der Waals surface area contributed by atoms with Crippen LogP contribution in [0.1, 0.15) is 40.0 Å². The molecule has 0 spiro atoms. The summed E-state index contributed by atoms with van der Waals surface area (Å²) in [6.45, 7) is 6.71. The van der Waals surface area contributed by atoms with Crippen molar-refractivity contribution in [3.63, 3.8) is 0 Å². The molecule has 1 rings (SSSR count). The van der Waals surface area contributed by atoms with Gasteiger partial charge in [-0.05, 0) is 46.6 Å². The first-order valence-electron chi connectivity index (χ1n) is 7.23. The number of hydrogen-bond acceptors (Lipinski definition) is 5. The summed E-state index contributed by atoms with van der Waals surface area (Å²) in [6, 6.07) is 0.537. The molecule has 1 aliphatic carbocycles. The third kappa shape index (κ3) is 8.90. The average Bonchev–Trinajstić information content (AvgIpc) is 2.20. The Morgan fingerprint density at radius 1 is 1.19 bits per heavy atom. The number of carbonyl (C=O) groups is 1. The molecule has 1 fully saturated rings. The molecule has 0 aliphatic heterocycles. The monoisotopic (exact) mass is 321 g/mol. The lowest BCUT2D eigenvalue weighted by Gasteiger charge is -2.36. The predicted molar refractivity (Wildman–Crippen MR) is 81.6 cm³/mol. The van der Waals surface area contributed by atoms with Crippen molar-refractivity contribution >= 4 is 16.1 Å². The number of nitrogens with one attached hydrogen (secondary N) is 3. The van der Waals surface area contributed by atoms with E-state index in [0.717, 1.165) is 32.1 Å². The summed E-state index contributed by atoms with van der Waals surface area (Å²) in [7, 11) is -3.09. The Labute approximate surface area is 127 Å². The molecule has 7 nitrogen and oxygen atoms in total. The second kappa shape index (κ2) is 7.42. The van der Waals surface area contributed by atoms with Gasteiger partial charge in [-0.2, -0.15) is 0 Å². The summed E-state index contributed by atoms with van der Waals surface area (Å²) >= 11 is 0. The number of hydrogen-bond donors (Lipinski definition) is 3. The Kier molecular flexibility index (Phi) is 6.42. The van der Waals surface area contributed by atoms with Crippen LogP contribution in [0.25, 0.3) is 0 Å². The summed E-state index contributed by atoms with van der Waals surface area (Å²) < 4.78 is 29.3. The molecule has 1 saturated carbocycles. The van der Waals surface area contributed by atoms with Crippen molar-refractivity contribution in [1.29, 1.82) is 0 Å². The Morgan fingerprint density at radius 3 is 2.33 bits per heavy atom. The molecule has 3 N–H and O–H groups in total. The van der Waals surface area contributed by atoms with Crippen LogP contribution in [-0.2, 0) is 14.8 Å². The molecular formula is C13H27N3O4S. The highest BCUT2D eigenvalue weighted by Gasteiger charge is 2.30. The van der Waals surface area contributed by atoms with E-state index in [1.807, 2.05) is 20.8 Å². The zero-order valence-electron chi connectivity index (χ0n) is 13.2. The van der Waals surface area contributed by atoms with Crippen LogP contribution in [0, 0.1) is 0 Å². The van der Waals surface area contributed by atoms with Crippen LogP contribution in [0.4, 0.5) is 4.79 Å². The number of rotatable bonds is 7. The van der Waals surface area contributed by atoms with Crippen molar-refractivity contribution in [2.24, 2.45) is 0 Å². The van der Waals surface area contributed by atoms with Crippen LogP contribution in [0.5, 0.6) is 0 Å². The minimum absolute atomic E-state index is 0.159. The molecule has 0 atom stereocenters. The maximum absolute atomic E-state index is 11.5. The second-order valence-corrected chi connectivity index (χ2v) is 8.32. The molecule has 0 aromatic rings. The summed E-state index contributed by atoms with van der Waals surface area (Å²) in [6.07, 6.45) is 3.27. The first-order chi connectivity index (χ1) is 9.55. The Balaban J connectivity index is 2.03. The van der Waals surface area contributed by atoms with Gasteiger partial charge in [0, 0.05) is 18.6 Å². The summed E-state index contributed by atoms with van der Waals surface area (Å²) in [5.41, 5.74) is -0.474. The van der Waals surface area contributed by atoms with Crippen LogP contribution in [-0.4, -0.2) is 51.5 Å². The van der Waals surface area contributed by atoms with Gasteiger partial charge >= 0.3 is 6.09 Å². The van der Waals surface area contributed by atoms with Gasteiger partial charge in [-0.15, -0.1) is 0 Å². The molecule has 124 valence electrons. The SMILES string of the molecule is CC(C)(C)OC(=O)NC1CC(NCCCNS(C)(=O)=O)C1. The van der Waals surface area contributed by atoms with Gasteiger partial charge in [-0.3, -0.25) is 0 Å². The van der Waals surface area contributed by atoms with E-state index in [1.165, 1.54) is 0 Å². The lowest BCUT2D eigenvalue weighted by molar-refractivity contribution is 0.0465. The molecule has 0 aromatic carbocycles. The molecule has 0 heterocycles. The van der Waals surface area contributed by atoms with Gasteiger partial charge < -0.3 is 15.4 Å². The second-order valence-electron chi connectivity index (χ2n) is 6.49. The van der Waals surface area contributed by atoms with Gasteiger partial charge in [0.15, 0.2) is 0 Å². The molecular weight excluding hydrogens is 294 g/mol. The fourth-order valence-electron chi connectivity index (χ4n) is 2.03. The molecule has 8 heteroatoms. The summed E-state index contributed by atoms with van der Waals surface area (Å²) in [5, 5.41) is 6.16. The van der Waals surface area contributed by atoms with Gasteiger partial charge in [0.1, 0.15) is 5.60 Å². The smallest absolute Gasteiger partial charge is 0.407 e. The summed E-state index contributed by atoms with van der Waals surface area (Å²) in [4.78, 5) is 11.5. The lowest BCUT2D eigenvalue weighted by atomic mass is 9.87. The fraction of sp³-hybridized carbons (Fsp3) is 0.923. The molecule has 21 heavy (non-hydrogen) atoms. The van der Waals surface area contributed by atoms with Gasteiger partial charge in [-0.1, -0.05) is 0 Å². The van der Waals surface area contributed by atoms with Crippen LogP contribution in [0.15, 0.2) is 0 Å². The fourth-order valence-corrected chi connectivity index (χ4v) is 2.54. The van der Waals surface area contributed by atoms with E-state index in [0.29, 0.717) is 12.6 Å². The van der Waals surface area contributed by atoms with Gasteiger partial charge in [0.05, 0.1) is 6.26 Å². The standard InChI is InChI=1S/C13H27N3O4S/c1-13(2,3)20-12(17)16-11-8-10(9-11)14-6-5-7-15-21(4,18)19/h10-11,14-15H,5-9H2,1-4H3,(H,16,17). The number of amides is 1. The molecule has 0 radical (unpaired) electrons. The number of ether oxygens (including phenoxy) is 1. The van der Waals surface area contributed by atoms with E-state index >= 15 is 0 Å². The molecule has 0 unspecified atom stereocenters. The maximum Gasteiger partial charge on any atom is 0.407 e. The van der Waals surface area contributed by atoms with Crippen molar-refractivity contribution in [1.82, 2.24) is 15.4 Å². The molecule has 1 amide bonds. The Hall–Kier alpha value is -0.860. The highest BCUT2D eigenvalue weighted by molar-refractivity contribution is 7.88. The van der Waals surface area contributed by atoms with Crippen LogP contribution in [0.2, 0.25) is 0 Å². The van der Waals surface area contributed by atoms with Crippen LogP contribution >= 0.6 is 0 Å². The van der Waals surface area contributed by atoms with E-state index in [4.69, 9.17) is 4.74 Å². The van der Waals surface area contributed by atoms with Crippen molar-refractivity contribution in [2.75, 3.05) is 19.3 Å². The normalized spacial score (nSPS) is 22.5. The largest absolute Gasteiger partial charge is 0.444 e. The van der Waals surface area contributed by atoms with Crippen molar-refractivity contribution in [3.05, 3.63) is 0 Å². The van der Waals surface area contributed by atoms with E-state index < -0.39 is 15.6 Å². The predicted octanol–water partition coefficient (Wildman–Crippen LogP) is 0.571. The zero-order valence-corrected chi connectivity index (χ0v) is 14.0. The number of sulfonamides is 1. The molecule has 0 saturated heterocycles. The topological polar surface area (TPSA) is 96.5 Å². The first kappa shape index (κ1) is 18.2. The van der Waals surface area contributed by atoms with Crippen molar-refractivity contribution < 1.29 is 17.9 Å². The summed E-state index contributed by atoms with van der Waals surface area (Å²) in [5.74, 6) is 0.